The van der Waals surface area contributed by atoms with E-state index in [1.807, 2.05) is 23.9 Å². The molecule has 96 valence electrons. The Labute approximate surface area is 105 Å². The van der Waals surface area contributed by atoms with Crippen molar-refractivity contribution in [3.63, 3.8) is 0 Å². The van der Waals surface area contributed by atoms with E-state index in [2.05, 4.69) is 25.9 Å². The molecule has 3 rings (SSSR count). The predicted octanol–water partition coefficient (Wildman–Crippen LogP) is 1.28. The molecular weight excluding hydrogens is 232 g/mol. The van der Waals surface area contributed by atoms with E-state index in [4.69, 9.17) is 4.42 Å². The van der Waals surface area contributed by atoms with Crippen LogP contribution in [-0.4, -0.2) is 26.0 Å². The fourth-order valence-corrected chi connectivity index (χ4v) is 1.61. The summed E-state index contributed by atoms with van der Waals surface area (Å²) in [4.78, 5) is 0. The number of nitrogens with zero attached hydrogens (tertiary/aromatic N) is 4. The van der Waals surface area contributed by atoms with Gasteiger partial charge in [0.1, 0.15) is 0 Å². The van der Waals surface area contributed by atoms with Crippen LogP contribution < -0.4 is 10.6 Å². The van der Waals surface area contributed by atoms with Gasteiger partial charge in [-0.25, -0.2) is 0 Å². The minimum absolute atomic E-state index is 0.379. The molecule has 0 spiro atoms. The Balaban J connectivity index is 1.58. The van der Waals surface area contributed by atoms with Gasteiger partial charge >= 0.3 is 6.01 Å². The molecule has 0 amide bonds. The molecule has 18 heavy (non-hydrogen) atoms. The molecule has 0 radical (unpaired) electrons. The van der Waals surface area contributed by atoms with Crippen LogP contribution in [0.2, 0.25) is 0 Å². The van der Waals surface area contributed by atoms with E-state index in [1.165, 1.54) is 12.8 Å². The average molecular weight is 248 g/mol. The number of rotatable bonds is 6. The first kappa shape index (κ1) is 11.2. The zero-order valence-corrected chi connectivity index (χ0v) is 10.3. The second-order valence-electron chi connectivity index (χ2n) is 4.34. The highest BCUT2D eigenvalue weighted by Gasteiger charge is 2.21. The lowest BCUT2D eigenvalue weighted by Gasteiger charge is -1.97. The van der Waals surface area contributed by atoms with Gasteiger partial charge in [0.2, 0.25) is 5.89 Å². The van der Waals surface area contributed by atoms with Gasteiger partial charge in [0.05, 0.1) is 6.54 Å². The Morgan fingerprint density at radius 3 is 3.06 bits per heavy atom. The first-order chi connectivity index (χ1) is 8.83. The lowest BCUT2D eigenvalue weighted by atomic mass is 10.6. The molecule has 0 aliphatic heterocycles. The maximum Gasteiger partial charge on any atom is 0.321 e. The predicted molar refractivity (Wildman–Crippen MR) is 65.3 cm³/mol. The van der Waals surface area contributed by atoms with Crippen molar-refractivity contribution in [2.24, 2.45) is 0 Å². The third kappa shape index (κ3) is 2.67. The molecule has 1 fully saturated rings. The average Bonchev–Trinajstić information content (AvgIpc) is 2.93. The third-order valence-electron chi connectivity index (χ3n) is 2.79. The van der Waals surface area contributed by atoms with E-state index in [0.29, 0.717) is 30.3 Å². The quantitative estimate of drug-likeness (QED) is 0.801. The summed E-state index contributed by atoms with van der Waals surface area (Å²) < 4.78 is 7.29. The molecular formula is C11H16N6O. The van der Waals surface area contributed by atoms with E-state index < -0.39 is 0 Å². The Bertz CT molecular complexity index is 515. The highest BCUT2D eigenvalue weighted by atomic mass is 16.4. The molecule has 0 atom stereocenters. The van der Waals surface area contributed by atoms with Gasteiger partial charge in [-0.2, -0.15) is 5.10 Å². The van der Waals surface area contributed by atoms with Crippen molar-refractivity contribution in [3.05, 3.63) is 18.2 Å². The number of aromatic nitrogens is 4. The number of aryl methyl sites for hydroxylation is 1. The first-order valence-electron chi connectivity index (χ1n) is 6.19. The van der Waals surface area contributed by atoms with Gasteiger partial charge in [0, 0.05) is 24.8 Å². The number of hydrogen-bond donors (Lipinski definition) is 2. The van der Waals surface area contributed by atoms with E-state index in [1.54, 1.807) is 0 Å². The number of anilines is 2. The smallest absolute Gasteiger partial charge is 0.321 e. The molecule has 1 aliphatic rings. The van der Waals surface area contributed by atoms with Crippen LogP contribution in [0.5, 0.6) is 0 Å². The molecule has 2 N–H and O–H groups in total. The topological polar surface area (TPSA) is 80.8 Å². The minimum Gasteiger partial charge on any atom is -0.406 e. The van der Waals surface area contributed by atoms with Gasteiger partial charge < -0.3 is 9.73 Å². The summed E-state index contributed by atoms with van der Waals surface area (Å²) in [6.45, 7) is 3.50. The summed E-state index contributed by atoms with van der Waals surface area (Å²) in [5.41, 5.74) is 0. The van der Waals surface area contributed by atoms with Crippen LogP contribution in [0, 0.1) is 0 Å². The van der Waals surface area contributed by atoms with Crippen LogP contribution >= 0.6 is 0 Å². The van der Waals surface area contributed by atoms with Crippen LogP contribution in [0.1, 0.15) is 25.7 Å². The van der Waals surface area contributed by atoms with Gasteiger partial charge in [-0.15, -0.1) is 5.10 Å². The largest absolute Gasteiger partial charge is 0.406 e. The lowest BCUT2D eigenvalue weighted by Crippen LogP contribution is -2.15. The number of nitrogens with one attached hydrogen (secondary N) is 2. The van der Waals surface area contributed by atoms with Gasteiger partial charge in [-0.05, 0) is 19.8 Å². The van der Waals surface area contributed by atoms with Crippen LogP contribution in [-0.2, 0) is 13.1 Å². The summed E-state index contributed by atoms with van der Waals surface area (Å²) >= 11 is 0. The summed E-state index contributed by atoms with van der Waals surface area (Å²) in [5.74, 6) is 1.31. The summed E-state index contributed by atoms with van der Waals surface area (Å²) in [5, 5.41) is 18.5. The van der Waals surface area contributed by atoms with Crippen molar-refractivity contribution in [2.45, 2.75) is 38.9 Å². The van der Waals surface area contributed by atoms with Crippen LogP contribution in [0.3, 0.4) is 0 Å². The summed E-state index contributed by atoms with van der Waals surface area (Å²) in [6.07, 6.45) is 4.38. The van der Waals surface area contributed by atoms with Crippen molar-refractivity contribution in [2.75, 3.05) is 5.32 Å². The van der Waals surface area contributed by atoms with E-state index in [9.17, 15) is 0 Å². The maximum absolute atomic E-state index is 5.46. The van der Waals surface area contributed by atoms with Crippen LogP contribution in [0.25, 0.3) is 0 Å². The molecule has 2 heterocycles. The van der Waals surface area contributed by atoms with Crippen molar-refractivity contribution < 1.29 is 4.42 Å². The van der Waals surface area contributed by atoms with Crippen molar-refractivity contribution in [1.82, 2.24) is 25.3 Å². The van der Waals surface area contributed by atoms with Crippen molar-refractivity contribution in [3.8, 4) is 0 Å². The molecule has 1 saturated carbocycles. The monoisotopic (exact) mass is 248 g/mol. The highest BCUT2D eigenvalue weighted by molar-refractivity contribution is 5.44. The minimum atomic E-state index is 0.379. The normalized spacial score (nSPS) is 14.9. The second kappa shape index (κ2) is 4.77. The standard InChI is InChI=1S/C11H16N6O/c1-2-17-6-5-9(16-17)13-11-15-14-10(18-11)7-12-8-3-4-8/h5-6,8,12H,2-4,7H2,1H3,(H,13,15,16). The third-order valence-corrected chi connectivity index (χ3v) is 2.79. The first-order valence-corrected chi connectivity index (χ1v) is 6.19. The fraction of sp³-hybridized carbons (Fsp3) is 0.545. The van der Waals surface area contributed by atoms with Crippen molar-refractivity contribution >= 4 is 11.8 Å². The lowest BCUT2D eigenvalue weighted by molar-refractivity contribution is 0.478. The molecule has 0 saturated heterocycles. The Kier molecular flexibility index (Phi) is 2.97. The molecule has 7 nitrogen and oxygen atoms in total. The SMILES string of the molecule is CCn1ccc(Nc2nnc(CNC3CC3)o2)n1. The molecule has 7 heteroatoms. The second-order valence-corrected chi connectivity index (χ2v) is 4.34. The number of hydrogen-bond acceptors (Lipinski definition) is 6. The zero-order chi connectivity index (χ0) is 12.4. The highest BCUT2D eigenvalue weighted by Crippen LogP contribution is 2.19. The molecule has 1 aliphatic carbocycles. The van der Waals surface area contributed by atoms with E-state index >= 15 is 0 Å². The van der Waals surface area contributed by atoms with Crippen molar-refractivity contribution in [1.29, 1.82) is 0 Å². The Morgan fingerprint density at radius 1 is 1.44 bits per heavy atom. The van der Waals surface area contributed by atoms with Gasteiger partial charge in [-0.3, -0.25) is 10.00 Å². The molecule has 2 aromatic heterocycles. The summed E-state index contributed by atoms with van der Waals surface area (Å²) in [6, 6.07) is 2.88. The Hall–Kier alpha value is -1.89. The van der Waals surface area contributed by atoms with Gasteiger partial charge in [0.25, 0.3) is 0 Å². The fourth-order valence-electron chi connectivity index (χ4n) is 1.61. The zero-order valence-electron chi connectivity index (χ0n) is 10.3. The van der Waals surface area contributed by atoms with Gasteiger partial charge in [0.15, 0.2) is 5.82 Å². The molecule has 0 aromatic carbocycles. The van der Waals surface area contributed by atoms with Crippen LogP contribution in [0.15, 0.2) is 16.7 Å². The Morgan fingerprint density at radius 2 is 2.33 bits per heavy atom. The maximum atomic E-state index is 5.46. The van der Waals surface area contributed by atoms with E-state index in [0.717, 1.165) is 6.54 Å². The summed E-state index contributed by atoms with van der Waals surface area (Å²) in [7, 11) is 0. The van der Waals surface area contributed by atoms with Crippen LogP contribution in [0.4, 0.5) is 11.8 Å². The molecule has 0 unspecified atom stereocenters. The molecule has 0 bridgehead atoms. The molecule has 2 aromatic rings. The van der Waals surface area contributed by atoms with Gasteiger partial charge in [-0.1, -0.05) is 5.10 Å². The van der Waals surface area contributed by atoms with E-state index in [-0.39, 0.29) is 0 Å².